The van der Waals surface area contributed by atoms with Gasteiger partial charge in [-0.25, -0.2) is 0 Å². The standard InChI is InChI=1S/C25H28Cl2N4O2/c1-15-4-5-16(2)21(12-15)17(3)28-25(32)18-8-10-31(11-9-18)14-23-29-24(30-33-23)20-7-6-19(26)13-22(20)27/h4-7,12-13,17-18H,8-11,14H2,1-3H3,(H,28,32). The molecule has 1 fully saturated rings. The zero-order valence-corrected chi connectivity index (χ0v) is 20.6. The number of benzene rings is 2. The lowest BCUT2D eigenvalue weighted by Gasteiger charge is -2.31. The Morgan fingerprint density at radius 1 is 1.18 bits per heavy atom. The first-order valence-corrected chi connectivity index (χ1v) is 11.9. The molecule has 6 nitrogen and oxygen atoms in total. The summed E-state index contributed by atoms with van der Waals surface area (Å²) in [5.41, 5.74) is 4.26. The number of hydrogen-bond donors (Lipinski definition) is 1. The van der Waals surface area contributed by atoms with Crippen molar-refractivity contribution in [3.63, 3.8) is 0 Å². The maximum absolute atomic E-state index is 12.9. The highest BCUT2D eigenvalue weighted by Crippen LogP contribution is 2.29. The lowest BCUT2D eigenvalue weighted by Crippen LogP contribution is -2.41. The molecule has 1 N–H and O–H groups in total. The number of hydrogen-bond acceptors (Lipinski definition) is 5. The molecule has 174 valence electrons. The van der Waals surface area contributed by atoms with Gasteiger partial charge in [0.05, 0.1) is 17.6 Å². The van der Waals surface area contributed by atoms with Crippen LogP contribution < -0.4 is 5.32 Å². The van der Waals surface area contributed by atoms with Crippen molar-refractivity contribution in [3.8, 4) is 11.4 Å². The van der Waals surface area contributed by atoms with E-state index in [4.69, 9.17) is 27.7 Å². The van der Waals surface area contributed by atoms with E-state index in [9.17, 15) is 4.79 Å². The van der Waals surface area contributed by atoms with Crippen LogP contribution in [-0.4, -0.2) is 34.0 Å². The molecule has 4 rings (SSSR count). The Labute approximate surface area is 204 Å². The van der Waals surface area contributed by atoms with E-state index in [1.165, 1.54) is 16.7 Å². The van der Waals surface area contributed by atoms with Gasteiger partial charge in [0.1, 0.15) is 0 Å². The third kappa shape index (κ3) is 5.75. The Morgan fingerprint density at radius 2 is 1.94 bits per heavy atom. The molecule has 3 aromatic rings. The highest BCUT2D eigenvalue weighted by Gasteiger charge is 2.27. The van der Waals surface area contributed by atoms with E-state index >= 15 is 0 Å². The maximum atomic E-state index is 12.9. The first-order valence-electron chi connectivity index (χ1n) is 11.2. The van der Waals surface area contributed by atoms with Crippen molar-refractivity contribution in [3.05, 3.63) is 69.0 Å². The molecule has 2 heterocycles. The van der Waals surface area contributed by atoms with E-state index in [1.54, 1.807) is 18.2 Å². The molecule has 1 unspecified atom stereocenters. The zero-order valence-electron chi connectivity index (χ0n) is 19.1. The molecule has 0 radical (unpaired) electrons. The molecule has 0 spiro atoms. The van der Waals surface area contributed by atoms with E-state index in [0.717, 1.165) is 25.9 Å². The second kappa shape index (κ2) is 10.2. The van der Waals surface area contributed by atoms with Crippen LogP contribution in [0.4, 0.5) is 0 Å². The van der Waals surface area contributed by atoms with Crippen LogP contribution in [0, 0.1) is 19.8 Å². The van der Waals surface area contributed by atoms with Crippen LogP contribution in [0.1, 0.15) is 48.4 Å². The number of aromatic nitrogens is 2. The van der Waals surface area contributed by atoms with Crippen molar-refractivity contribution < 1.29 is 9.32 Å². The molecule has 1 saturated heterocycles. The van der Waals surface area contributed by atoms with Gasteiger partial charge < -0.3 is 9.84 Å². The highest BCUT2D eigenvalue weighted by atomic mass is 35.5. The van der Waals surface area contributed by atoms with Gasteiger partial charge in [-0.05, 0) is 76.0 Å². The van der Waals surface area contributed by atoms with Crippen LogP contribution in [0.25, 0.3) is 11.4 Å². The van der Waals surface area contributed by atoms with Gasteiger partial charge in [0.25, 0.3) is 0 Å². The fourth-order valence-electron chi connectivity index (χ4n) is 4.28. The summed E-state index contributed by atoms with van der Waals surface area (Å²) >= 11 is 12.2. The molecule has 1 aliphatic heterocycles. The number of carbonyl (C=O) groups excluding carboxylic acids is 1. The van der Waals surface area contributed by atoms with Crippen LogP contribution in [0.2, 0.25) is 10.0 Å². The van der Waals surface area contributed by atoms with E-state index in [1.807, 2.05) is 0 Å². The summed E-state index contributed by atoms with van der Waals surface area (Å²) in [6.07, 6.45) is 1.60. The van der Waals surface area contributed by atoms with Gasteiger partial charge in [0.2, 0.25) is 17.6 Å². The van der Waals surface area contributed by atoms with Gasteiger partial charge in [-0.2, -0.15) is 4.98 Å². The molecule has 1 aromatic heterocycles. The van der Waals surface area contributed by atoms with Gasteiger partial charge in [0.15, 0.2) is 0 Å². The number of piperidine rings is 1. The summed E-state index contributed by atoms with van der Waals surface area (Å²) in [5.74, 6) is 1.12. The minimum atomic E-state index is -0.00747. The zero-order chi connectivity index (χ0) is 23.5. The third-order valence-electron chi connectivity index (χ3n) is 6.22. The molecule has 0 aliphatic carbocycles. The van der Waals surface area contributed by atoms with Crippen molar-refractivity contribution >= 4 is 29.1 Å². The maximum Gasteiger partial charge on any atom is 0.241 e. The average Bonchev–Trinajstić information content (AvgIpc) is 3.23. The molecule has 0 bridgehead atoms. The average molecular weight is 487 g/mol. The van der Waals surface area contributed by atoms with Crippen LogP contribution >= 0.6 is 23.2 Å². The van der Waals surface area contributed by atoms with Gasteiger partial charge in [-0.1, -0.05) is 52.1 Å². The summed E-state index contributed by atoms with van der Waals surface area (Å²) in [5, 5.41) is 8.31. The first kappa shape index (κ1) is 23.7. The molecular formula is C25H28Cl2N4O2. The number of aryl methyl sites for hydroxylation is 2. The molecule has 0 saturated carbocycles. The predicted molar refractivity (Wildman–Crippen MR) is 130 cm³/mol. The Kier molecular flexibility index (Phi) is 7.37. The van der Waals surface area contributed by atoms with E-state index < -0.39 is 0 Å². The van der Waals surface area contributed by atoms with Gasteiger partial charge in [-0.15, -0.1) is 0 Å². The summed E-state index contributed by atoms with van der Waals surface area (Å²) in [7, 11) is 0. The monoisotopic (exact) mass is 486 g/mol. The highest BCUT2D eigenvalue weighted by molar-refractivity contribution is 6.36. The van der Waals surface area contributed by atoms with E-state index in [-0.39, 0.29) is 17.9 Å². The summed E-state index contributed by atoms with van der Waals surface area (Å²) in [4.78, 5) is 19.6. The molecule has 1 amide bonds. The Morgan fingerprint density at radius 3 is 2.67 bits per heavy atom. The Bertz CT molecular complexity index is 1140. The molecular weight excluding hydrogens is 459 g/mol. The molecule has 2 aromatic carbocycles. The van der Waals surface area contributed by atoms with Gasteiger partial charge in [-0.3, -0.25) is 9.69 Å². The molecule has 1 aliphatic rings. The lowest BCUT2D eigenvalue weighted by molar-refractivity contribution is -0.127. The topological polar surface area (TPSA) is 71.3 Å². The van der Waals surface area contributed by atoms with Crippen molar-refractivity contribution in [2.24, 2.45) is 5.92 Å². The molecule has 8 heteroatoms. The minimum absolute atomic E-state index is 0.00747. The van der Waals surface area contributed by atoms with Crippen LogP contribution in [0.15, 0.2) is 40.9 Å². The molecule has 33 heavy (non-hydrogen) atoms. The van der Waals surface area contributed by atoms with Crippen molar-refractivity contribution in [1.82, 2.24) is 20.4 Å². The second-order valence-electron chi connectivity index (χ2n) is 8.78. The summed E-state index contributed by atoms with van der Waals surface area (Å²) in [6, 6.07) is 11.5. The fourth-order valence-corrected chi connectivity index (χ4v) is 4.77. The largest absolute Gasteiger partial charge is 0.349 e. The first-order chi connectivity index (χ1) is 15.8. The smallest absolute Gasteiger partial charge is 0.241 e. The van der Waals surface area contributed by atoms with Crippen LogP contribution in [0.3, 0.4) is 0 Å². The molecule has 1 atom stereocenters. The Hall–Kier alpha value is -2.41. The number of carbonyl (C=O) groups is 1. The number of likely N-dealkylation sites (tertiary alicyclic amines) is 1. The number of amides is 1. The second-order valence-corrected chi connectivity index (χ2v) is 9.62. The number of nitrogens with zero attached hydrogens (tertiary/aromatic N) is 3. The fraction of sp³-hybridized carbons (Fsp3) is 0.400. The van der Waals surface area contributed by atoms with E-state index in [0.29, 0.717) is 33.9 Å². The number of rotatable bonds is 6. The SMILES string of the molecule is Cc1ccc(C)c(C(C)NC(=O)C2CCN(Cc3nc(-c4ccc(Cl)cc4Cl)no3)CC2)c1. The normalized spacial score (nSPS) is 16.0. The van der Waals surface area contributed by atoms with Crippen molar-refractivity contribution in [2.45, 2.75) is 46.2 Å². The lowest BCUT2D eigenvalue weighted by atomic mass is 9.94. The predicted octanol–water partition coefficient (Wildman–Crippen LogP) is 5.75. The minimum Gasteiger partial charge on any atom is -0.349 e. The van der Waals surface area contributed by atoms with Gasteiger partial charge >= 0.3 is 0 Å². The van der Waals surface area contributed by atoms with Crippen LogP contribution in [-0.2, 0) is 11.3 Å². The van der Waals surface area contributed by atoms with Crippen molar-refractivity contribution in [2.75, 3.05) is 13.1 Å². The van der Waals surface area contributed by atoms with Crippen LogP contribution in [0.5, 0.6) is 0 Å². The van der Waals surface area contributed by atoms with Crippen molar-refractivity contribution in [1.29, 1.82) is 0 Å². The van der Waals surface area contributed by atoms with Gasteiger partial charge in [0, 0.05) is 16.5 Å². The van der Waals surface area contributed by atoms with E-state index in [2.05, 4.69) is 59.3 Å². The Balaban J connectivity index is 1.30. The summed E-state index contributed by atoms with van der Waals surface area (Å²) in [6.45, 7) is 8.36. The quantitative estimate of drug-likeness (QED) is 0.480. The number of nitrogens with one attached hydrogen (secondary N) is 1. The number of halogens is 2. The third-order valence-corrected chi connectivity index (χ3v) is 6.77. The summed E-state index contributed by atoms with van der Waals surface area (Å²) < 4.78 is 5.43.